The topological polar surface area (TPSA) is 41.6 Å². The molecule has 1 heterocycles. The maximum atomic E-state index is 10.9. The molecular formula is C11H22N2O2. The number of carbonyl (C=O) groups is 1. The molecule has 0 radical (unpaired) electrons. The molecular weight excluding hydrogens is 192 g/mol. The third kappa shape index (κ3) is 4.18. The van der Waals surface area contributed by atoms with E-state index in [2.05, 4.69) is 21.9 Å². The lowest BCUT2D eigenvalue weighted by Crippen LogP contribution is -2.38. The fraction of sp³-hybridized carbons (Fsp3) is 0.909. The van der Waals surface area contributed by atoms with Crippen LogP contribution in [0.25, 0.3) is 0 Å². The number of nitrogens with one attached hydrogen (secondary N) is 1. The van der Waals surface area contributed by atoms with Crippen LogP contribution in [0.4, 0.5) is 0 Å². The quantitative estimate of drug-likeness (QED) is 0.520. The third-order valence-electron chi connectivity index (χ3n) is 3.02. The molecule has 0 amide bonds. The van der Waals surface area contributed by atoms with Crippen molar-refractivity contribution in [3.05, 3.63) is 0 Å². The van der Waals surface area contributed by atoms with Crippen molar-refractivity contribution in [1.82, 2.24) is 10.2 Å². The summed E-state index contributed by atoms with van der Waals surface area (Å²) in [7, 11) is 1.43. The lowest BCUT2D eigenvalue weighted by molar-refractivity contribution is -0.140. The second kappa shape index (κ2) is 6.80. The van der Waals surface area contributed by atoms with E-state index in [-0.39, 0.29) is 5.97 Å². The molecule has 1 aliphatic heterocycles. The minimum absolute atomic E-state index is 0.138. The predicted octanol–water partition coefficient (Wildman–Crippen LogP) is 0.623. The molecule has 4 heteroatoms. The van der Waals surface area contributed by atoms with Crippen LogP contribution in [0.1, 0.15) is 26.2 Å². The van der Waals surface area contributed by atoms with Crippen molar-refractivity contribution in [3.8, 4) is 0 Å². The summed E-state index contributed by atoms with van der Waals surface area (Å²) in [5.74, 6) is -0.138. The van der Waals surface area contributed by atoms with Gasteiger partial charge in [0, 0.05) is 19.1 Å². The van der Waals surface area contributed by atoms with Gasteiger partial charge in [0.05, 0.1) is 13.5 Å². The summed E-state index contributed by atoms with van der Waals surface area (Å²) in [6.07, 6.45) is 3.05. The zero-order valence-corrected chi connectivity index (χ0v) is 9.79. The second-order valence-corrected chi connectivity index (χ2v) is 3.95. The van der Waals surface area contributed by atoms with E-state index in [4.69, 9.17) is 0 Å². The van der Waals surface area contributed by atoms with Crippen molar-refractivity contribution in [1.29, 1.82) is 0 Å². The van der Waals surface area contributed by atoms with Gasteiger partial charge in [-0.15, -0.1) is 0 Å². The first kappa shape index (κ1) is 12.5. The van der Waals surface area contributed by atoms with Crippen LogP contribution in [-0.2, 0) is 9.53 Å². The van der Waals surface area contributed by atoms with E-state index in [1.165, 1.54) is 26.5 Å². The van der Waals surface area contributed by atoms with E-state index < -0.39 is 0 Å². The highest BCUT2D eigenvalue weighted by atomic mass is 16.5. The van der Waals surface area contributed by atoms with E-state index in [0.717, 1.165) is 19.6 Å². The molecule has 4 nitrogen and oxygen atoms in total. The van der Waals surface area contributed by atoms with Gasteiger partial charge in [0.25, 0.3) is 0 Å². The Labute approximate surface area is 92.0 Å². The Hall–Kier alpha value is -0.610. The largest absolute Gasteiger partial charge is 0.469 e. The van der Waals surface area contributed by atoms with Gasteiger partial charge < -0.3 is 10.1 Å². The summed E-state index contributed by atoms with van der Waals surface area (Å²) in [5, 5.41) is 3.31. The van der Waals surface area contributed by atoms with Crippen molar-refractivity contribution >= 4 is 5.97 Å². The first-order chi connectivity index (χ1) is 7.27. The summed E-state index contributed by atoms with van der Waals surface area (Å²) in [5.41, 5.74) is 0. The average molecular weight is 214 g/mol. The maximum absolute atomic E-state index is 10.9. The normalized spacial score (nSPS) is 21.9. The van der Waals surface area contributed by atoms with Crippen LogP contribution in [0.2, 0.25) is 0 Å². The first-order valence-corrected chi connectivity index (χ1v) is 5.79. The van der Waals surface area contributed by atoms with Gasteiger partial charge in [-0.25, -0.2) is 0 Å². The zero-order chi connectivity index (χ0) is 11.1. The molecule has 0 spiro atoms. The summed E-state index contributed by atoms with van der Waals surface area (Å²) in [6.45, 7) is 6.27. The maximum Gasteiger partial charge on any atom is 0.306 e. The highest BCUT2D eigenvalue weighted by molar-refractivity contribution is 5.69. The SMILES string of the molecule is CCN1CCCC1CNCCC(=O)OC. The van der Waals surface area contributed by atoms with Gasteiger partial charge in [0.15, 0.2) is 0 Å². The number of esters is 1. The van der Waals surface area contributed by atoms with Gasteiger partial charge in [0.1, 0.15) is 0 Å². The Morgan fingerprint density at radius 2 is 2.40 bits per heavy atom. The Kier molecular flexibility index (Phi) is 5.65. The van der Waals surface area contributed by atoms with Gasteiger partial charge in [-0.3, -0.25) is 9.69 Å². The standard InChI is InChI=1S/C11H22N2O2/c1-3-13-8-4-5-10(13)9-12-7-6-11(14)15-2/h10,12H,3-9H2,1-2H3. The van der Waals surface area contributed by atoms with Crippen molar-refractivity contribution in [3.63, 3.8) is 0 Å². The van der Waals surface area contributed by atoms with Crippen LogP contribution < -0.4 is 5.32 Å². The Bertz CT molecular complexity index is 197. The summed E-state index contributed by atoms with van der Waals surface area (Å²) in [6, 6.07) is 0.660. The van der Waals surface area contributed by atoms with Crippen LogP contribution in [0.15, 0.2) is 0 Å². The summed E-state index contributed by atoms with van der Waals surface area (Å²) < 4.78 is 4.58. The van der Waals surface area contributed by atoms with Crippen LogP contribution in [0, 0.1) is 0 Å². The van der Waals surface area contributed by atoms with Crippen LogP contribution in [0.5, 0.6) is 0 Å². The Balaban J connectivity index is 2.06. The van der Waals surface area contributed by atoms with E-state index in [1.54, 1.807) is 0 Å². The number of carbonyl (C=O) groups excluding carboxylic acids is 1. The smallest absolute Gasteiger partial charge is 0.306 e. The molecule has 0 aromatic heterocycles. The van der Waals surface area contributed by atoms with Gasteiger partial charge in [0.2, 0.25) is 0 Å². The van der Waals surface area contributed by atoms with E-state index in [1.807, 2.05) is 0 Å². The molecule has 1 atom stereocenters. The molecule has 0 aliphatic carbocycles. The van der Waals surface area contributed by atoms with Crippen molar-refractivity contribution < 1.29 is 9.53 Å². The molecule has 1 rings (SSSR count). The van der Waals surface area contributed by atoms with Gasteiger partial charge in [-0.2, -0.15) is 0 Å². The van der Waals surface area contributed by atoms with E-state index in [9.17, 15) is 4.79 Å². The molecule has 1 saturated heterocycles. The molecule has 0 aromatic rings. The number of methoxy groups -OCH3 is 1. The van der Waals surface area contributed by atoms with Crippen molar-refractivity contribution in [2.75, 3.05) is 33.3 Å². The van der Waals surface area contributed by atoms with Crippen LogP contribution in [0.3, 0.4) is 0 Å². The molecule has 1 unspecified atom stereocenters. The molecule has 0 bridgehead atoms. The van der Waals surface area contributed by atoms with E-state index in [0.29, 0.717) is 12.5 Å². The molecule has 15 heavy (non-hydrogen) atoms. The molecule has 0 aromatic carbocycles. The fourth-order valence-electron chi connectivity index (χ4n) is 2.10. The fourth-order valence-corrected chi connectivity index (χ4v) is 2.10. The van der Waals surface area contributed by atoms with Crippen molar-refractivity contribution in [2.45, 2.75) is 32.2 Å². The minimum Gasteiger partial charge on any atom is -0.469 e. The number of likely N-dealkylation sites (N-methyl/N-ethyl adjacent to an activating group) is 1. The zero-order valence-electron chi connectivity index (χ0n) is 9.79. The third-order valence-corrected chi connectivity index (χ3v) is 3.02. The molecule has 1 N–H and O–H groups in total. The lowest BCUT2D eigenvalue weighted by atomic mass is 10.2. The molecule has 1 fully saturated rings. The monoisotopic (exact) mass is 214 g/mol. The molecule has 1 aliphatic rings. The van der Waals surface area contributed by atoms with Gasteiger partial charge in [-0.1, -0.05) is 6.92 Å². The molecule has 88 valence electrons. The Morgan fingerprint density at radius 3 is 3.07 bits per heavy atom. The number of rotatable bonds is 6. The lowest BCUT2D eigenvalue weighted by Gasteiger charge is -2.22. The van der Waals surface area contributed by atoms with Crippen molar-refractivity contribution in [2.24, 2.45) is 0 Å². The van der Waals surface area contributed by atoms with Gasteiger partial charge >= 0.3 is 5.97 Å². The van der Waals surface area contributed by atoms with Gasteiger partial charge in [-0.05, 0) is 25.9 Å². The Morgan fingerprint density at radius 1 is 1.60 bits per heavy atom. The highest BCUT2D eigenvalue weighted by Crippen LogP contribution is 2.15. The molecule has 0 saturated carbocycles. The number of hydrogen-bond donors (Lipinski definition) is 1. The van der Waals surface area contributed by atoms with E-state index >= 15 is 0 Å². The highest BCUT2D eigenvalue weighted by Gasteiger charge is 2.21. The number of likely N-dealkylation sites (tertiary alicyclic amines) is 1. The average Bonchev–Trinajstić information content (AvgIpc) is 2.71. The summed E-state index contributed by atoms with van der Waals surface area (Å²) >= 11 is 0. The summed E-state index contributed by atoms with van der Waals surface area (Å²) in [4.78, 5) is 13.3. The minimum atomic E-state index is -0.138. The van der Waals surface area contributed by atoms with Crippen LogP contribution >= 0.6 is 0 Å². The second-order valence-electron chi connectivity index (χ2n) is 3.95. The number of ether oxygens (including phenoxy) is 1. The van der Waals surface area contributed by atoms with Crippen LogP contribution in [-0.4, -0.2) is 50.2 Å². The number of hydrogen-bond acceptors (Lipinski definition) is 4. The predicted molar refractivity (Wildman–Crippen MR) is 59.8 cm³/mol. The number of nitrogens with zero attached hydrogens (tertiary/aromatic N) is 1. The first-order valence-electron chi connectivity index (χ1n) is 5.79.